The van der Waals surface area contributed by atoms with Gasteiger partial charge < -0.3 is 14.8 Å². The maximum atomic E-state index is 12.4. The lowest BCUT2D eigenvalue weighted by Gasteiger charge is -2.26. The minimum Gasteiger partial charge on any atom is -0.494 e. The quantitative estimate of drug-likeness (QED) is 0.837. The van der Waals surface area contributed by atoms with E-state index in [4.69, 9.17) is 9.47 Å². The highest BCUT2D eigenvalue weighted by Gasteiger charge is 2.31. The highest BCUT2D eigenvalue weighted by atomic mass is 32.2. The molecular formula is C17H22N2O3S. The predicted octanol–water partition coefficient (Wildman–Crippen LogP) is 3.29. The van der Waals surface area contributed by atoms with Gasteiger partial charge in [-0.2, -0.15) is 0 Å². The van der Waals surface area contributed by atoms with E-state index in [1.54, 1.807) is 6.92 Å². The van der Waals surface area contributed by atoms with Gasteiger partial charge in [0.1, 0.15) is 11.8 Å². The maximum Gasteiger partial charge on any atom is 0.338 e. The summed E-state index contributed by atoms with van der Waals surface area (Å²) in [5.74, 6) is 0.387. The van der Waals surface area contributed by atoms with E-state index < -0.39 is 6.04 Å². The van der Waals surface area contributed by atoms with Crippen molar-refractivity contribution in [1.29, 1.82) is 0 Å². The fourth-order valence-corrected chi connectivity index (χ4v) is 2.91. The molecule has 1 aliphatic heterocycles. The van der Waals surface area contributed by atoms with Crippen LogP contribution in [0.15, 0.2) is 40.5 Å². The van der Waals surface area contributed by atoms with Gasteiger partial charge in [0.15, 0.2) is 5.17 Å². The van der Waals surface area contributed by atoms with Gasteiger partial charge in [0.05, 0.1) is 18.8 Å². The molecule has 0 aromatic heterocycles. The summed E-state index contributed by atoms with van der Waals surface area (Å²) in [5, 5.41) is 3.93. The molecule has 0 spiro atoms. The van der Waals surface area contributed by atoms with Crippen LogP contribution in [0.2, 0.25) is 0 Å². The van der Waals surface area contributed by atoms with Gasteiger partial charge in [-0.3, -0.25) is 0 Å². The molecule has 0 fully saturated rings. The van der Waals surface area contributed by atoms with Crippen LogP contribution in [0.3, 0.4) is 0 Å². The van der Waals surface area contributed by atoms with Crippen molar-refractivity contribution in [3.63, 3.8) is 0 Å². The fraction of sp³-hybridized carbons (Fsp3) is 0.412. The molecule has 1 atom stereocenters. The lowest BCUT2D eigenvalue weighted by atomic mass is 9.96. The highest BCUT2D eigenvalue weighted by molar-refractivity contribution is 8.13. The lowest BCUT2D eigenvalue weighted by molar-refractivity contribution is -0.138. The summed E-state index contributed by atoms with van der Waals surface area (Å²) in [7, 11) is 0. The summed E-state index contributed by atoms with van der Waals surface area (Å²) in [6.45, 7) is 6.48. The van der Waals surface area contributed by atoms with Crippen LogP contribution >= 0.6 is 11.8 Å². The smallest absolute Gasteiger partial charge is 0.338 e. The Morgan fingerprint density at radius 3 is 2.70 bits per heavy atom. The van der Waals surface area contributed by atoms with Crippen LogP contribution in [0.25, 0.3) is 0 Å². The molecular weight excluding hydrogens is 312 g/mol. The first-order valence-electron chi connectivity index (χ1n) is 7.60. The lowest BCUT2D eigenvalue weighted by Crippen LogP contribution is -2.30. The van der Waals surface area contributed by atoms with Gasteiger partial charge in [0, 0.05) is 11.3 Å². The molecule has 0 aliphatic carbocycles. The van der Waals surface area contributed by atoms with Gasteiger partial charge in [-0.1, -0.05) is 30.0 Å². The summed E-state index contributed by atoms with van der Waals surface area (Å²) in [4.78, 5) is 17.1. The molecule has 0 saturated carbocycles. The van der Waals surface area contributed by atoms with Crippen LogP contribution in [-0.2, 0) is 9.53 Å². The summed E-state index contributed by atoms with van der Waals surface area (Å²) < 4.78 is 10.9. The van der Waals surface area contributed by atoms with Crippen molar-refractivity contribution in [2.24, 2.45) is 4.99 Å². The molecule has 6 heteroatoms. The minimum absolute atomic E-state index is 0.328. The van der Waals surface area contributed by atoms with Crippen molar-refractivity contribution < 1.29 is 14.3 Å². The van der Waals surface area contributed by atoms with E-state index in [-0.39, 0.29) is 5.97 Å². The average Bonchev–Trinajstić information content (AvgIpc) is 2.55. The normalized spacial score (nSPS) is 17.4. The number of ether oxygens (including phenoxy) is 2. The van der Waals surface area contributed by atoms with Crippen LogP contribution in [0, 0.1) is 0 Å². The summed E-state index contributed by atoms with van der Waals surface area (Å²) in [6, 6.07) is 7.24. The van der Waals surface area contributed by atoms with E-state index in [2.05, 4.69) is 10.3 Å². The Hall–Kier alpha value is -1.95. The van der Waals surface area contributed by atoms with Crippen molar-refractivity contribution in [2.75, 3.05) is 19.5 Å². The molecule has 0 radical (unpaired) electrons. The number of hydrogen-bond donors (Lipinski definition) is 1. The average molecular weight is 334 g/mol. The van der Waals surface area contributed by atoms with Crippen molar-refractivity contribution >= 4 is 22.9 Å². The van der Waals surface area contributed by atoms with E-state index in [0.717, 1.165) is 22.2 Å². The third-order valence-corrected chi connectivity index (χ3v) is 4.01. The van der Waals surface area contributed by atoms with Gasteiger partial charge in [-0.15, -0.1) is 0 Å². The van der Waals surface area contributed by atoms with Gasteiger partial charge in [-0.25, -0.2) is 9.79 Å². The SMILES string of the molecule is CCOC(=O)C1=C(C)NC(SC)=N[C@@H]1c1ccccc1OCC. The second-order valence-electron chi connectivity index (χ2n) is 4.90. The standard InChI is InChI=1S/C17H22N2O3S/c1-5-21-13-10-8-7-9-12(13)15-14(16(20)22-6-2)11(3)18-17(19-15)23-4/h7-10,15H,5-6H2,1-4H3,(H,18,19)/t15-/m1/s1. The van der Waals surface area contributed by atoms with Crippen LogP contribution in [-0.4, -0.2) is 30.6 Å². The molecule has 1 N–H and O–H groups in total. The molecule has 23 heavy (non-hydrogen) atoms. The Labute approximate surface area is 141 Å². The molecule has 0 unspecified atom stereocenters. The molecule has 2 rings (SSSR count). The number of hydrogen-bond acceptors (Lipinski definition) is 6. The Morgan fingerprint density at radius 1 is 1.30 bits per heavy atom. The molecule has 1 aliphatic rings. The first kappa shape index (κ1) is 17.4. The van der Waals surface area contributed by atoms with Crippen LogP contribution in [0.4, 0.5) is 0 Å². The third-order valence-electron chi connectivity index (χ3n) is 3.42. The molecule has 1 heterocycles. The number of para-hydroxylation sites is 1. The largest absolute Gasteiger partial charge is 0.494 e. The predicted molar refractivity (Wildman–Crippen MR) is 93.8 cm³/mol. The van der Waals surface area contributed by atoms with E-state index in [9.17, 15) is 4.79 Å². The Morgan fingerprint density at radius 2 is 2.04 bits per heavy atom. The Balaban J connectivity index is 2.51. The van der Waals surface area contributed by atoms with Crippen molar-refractivity contribution in [2.45, 2.75) is 26.8 Å². The maximum absolute atomic E-state index is 12.4. The number of carbonyl (C=O) groups is 1. The van der Waals surface area contributed by atoms with Crippen molar-refractivity contribution in [3.05, 3.63) is 41.1 Å². The number of thioether (sulfide) groups is 1. The molecule has 0 bridgehead atoms. The number of carbonyl (C=O) groups excluding carboxylic acids is 1. The van der Waals surface area contributed by atoms with Crippen LogP contribution in [0.5, 0.6) is 5.75 Å². The van der Waals surface area contributed by atoms with Crippen molar-refractivity contribution in [3.8, 4) is 5.75 Å². The van der Waals surface area contributed by atoms with Crippen LogP contribution < -0.4 is 10.1 Å². The monoisotopic (exact) mass is 334 g/mol. The minimum atomic E-state index is -0.430. The molecule has 0 amide bonds. The first-order valence-corrected chi connectivity index (χ1v) is 8.83. The van der Waals surface area contributed by atoms with Crippen molar-refractivity contribution in [1.82, 2.24) is 5.32 Å². The number of rotatable bonds is 5. The summed E-state index contributed by atoms with van der Waals surface area (Å²) >= 11 is 1.51. The Bertz CT molecular complexity index is 640. The second kappa shape index (κ2) is 8.06. The number of esters is 1. The number of benzene rings is 1. The summed E-state index contributed by atoms with van der Waals surface area (Å²) in [6.07, 6.45) is 1.94. The molecule has 0 saturated heterocycles. The number of amidine groups is 1. The highest BCUT2D eigenvalue weighted by Crippen LogP contribution is 2.37. The molecule has 5 nitrogen and oxygen atoms in total. The molecule has 1 aromatic carbocycles. The number of allylic oxidation sites excluding steroid dienone is 1. The zero-order valence-corrected chi connectivity index (χ0v) is 14.7. The Kier molecular flexibility index (Phi) is 6.10. The first-order chi connectivity index (χ1) is 11.1. The van der Waals surface area contributed by atoms with Gasteiger partial charge in [0.2, 0.25) is 0 Å². The second-order valence-corrected chi connectivity index (χ2v) is 5.69. The van der Waals surface area contributed by atoms with E-state index >= 15 is 0 Å². The molecule has 1 aromatic rings. The topological polar surface area (TPSA) is 59.9 Å². The summed E-state index contributed by atoms with van der Waals surface area (Å²) in [5.41, 5.74) is 2.15. The van der Waals surface area contributed by atoms with E-state index in [1.165, 1.54) is 11.8 Å². The van der Waals surface area contributed by atoms with Gasteiger partial charge in [0.25, 0.3) is 0 Å². The number of nitrogens with one attached hydrogen (secondary N) is 1. The third kappa shape index (κ3) is 3.88. The zero-order chi connectivity index (χ0) is 16.8. The van der Waals surface area contributed by atoms with E-state index in [1.807, 2.05) is 44.4 Å². The number of aliphatic imine (C=N–C) groups is 1. The van der Waals surface area contributed by atoms with Gasteiger partial charge >= 0.3 is 5.97 Å². The van der Waals surface area contributed by atoms with Gasteiger partial charge in [-0.05, 0) is 33.1 Å². The molecule has 124 valence electrons. The van der Waals surface area contributed by atoms with E-state index in [0.29, 0.717) is 18.8 Å². The van der Waals surface area contributed by atoms with Crippen LogP contribution in [0.1, 0.15) is 32.4 Å². The zero-order valence-electron chi connectivity index (χ0n) is 13.9. The number of nitrogens with zero attached hydrogens (tertiary/aromatic N) is 1. The fourth-order valence-electron chi connectivity index (χ4n) is 2.44.